The maximum atomic E-state index is 11.2. The Bertz CT molecular complexity index is 459. The first-order valence-electron chi connectivity index (χ1n) is 7.63. The summed E-state index contributed by atoms with van der Waals surface area (Å²) in [4.78, 5) is 13.4. The number of hydrogen-bond acceptors (Lipinski definition) is 4. The SMILES string of the molecule is NCc1cccc(OCCN(CC(N)=O)C2CCCC2)c1. The van der Waals surface area contributed by atoms with E-state index in [-0.39, 0.29) is 5.91 Å². The number of primary amides is 1. The lowest BCUT2D eigenvalue weighted by molar-refractivity contribution is -0.119. The van der Waals surface area contributed by atoms with Gasteiger partial charge in [0.15, 0.2) is 0 Å². The van der Waals surface area contributed by atoms with Gasteiger partial charge in [-0.2, -0.15) is 0 Å². The minimum absolute atomic E-state index is 0.271. The normalized spacial score (nSPS) is 15.5. The molecule has 21 heavy (non-hydrogen) atoms. The molecule has 0 atom stereocenters. The summed E-state index contributed by atoms with van der Waals surface area (Å²) in [6.45, 7) is 2.10. The molecule has 0 aliphatic heterocycles. The highest BCUT2D eigenvalue weighted by Gasteiger charge is 2.23. The van der Waals surface area contributed by atoms with Gasteiger partial charge in [0, 0.05) is 19.1 Å². The molecule has 116 valence electrons. The molecule has 2 rings (SSSR count). The minimum atomic E-state index is -0.271. The Balaban J connectivity index is 1.84. The van der Waals surface area contributed by atoms with E-state index in [1.54, 1.807) is 0 Å². The number of benzene rings is 1. The van der Waals surface area contributed by atoms with Crippen LogP contribution in [0.2, 0.25) is 0 Å². The van der Waals surface area contributed by atoms with Crippen molar-refractivity contribution in [2.75, 3.05) is 19.7 Å². The van der Waals surface area contributed by atoms with Crippen LogP contribution >= 0.6 is 0 Å². The zero-order valence-electron chi connectivity index (χ0n) is 12.5. The lowest BCUT2D eigenvalue weighted by Crippen LogP contribution is -2.42. The Kier molecular flexibility index (Phi) is 6.02. The molecule has 0 saturated heterocycles. The molecule has 1 saturated carbocycles. The molecule has 0 bridgehead atoms. The van der Waals surface area contributed by atoms with Gasteiger partial charge >= 0.3 is 0 Å². The molecule has 4 N–H and O–H groups in total. The van der Waals surface area contributed by atoms with Crippen molar-refractivity contribution in [2.45, 2.75) is 38.3 Å². The fourth-order valence-electron chi connectivity index (χ4n) is 2.90. The van der Waals surface area contributed by atoms with Crippen molar-refractivity contribution in [3.05, 3.63) is 29.8 Å². The largest absolute Gasteiger partial charge is 0.492 e. The first kappa shape index (κ1) is 15.8. The monoisotopic (exact) mass is 291 g/mol. The van der Waals surface area contributed by atoms with Crippen LogP contribution in [0.5, 0.6) is 5.75 Å². The van der Waals surface area contributed by atoms with Gasteiger partial charge in [-0.15, -0.1) is 0 Å². The highest BCUT2D eigenvalue weighted by molar-refractivity contribution is 5.75. The third kappa shape index (κ3) is 5.02. The zero-order chi connectivity index (χ0) is 15.1. The van der Waals surface area contributed by atoms with Gasteiger partial charge in [0.05, 0.1) is 6.54 Å². The maximum Gasteiger partial charge on any atom is 0.231 e. The third-order valence-electron chi connectivity index (χ3n) is 3.98. The fourth-order valence-corrected chi connectivity index (χ4v) is 2.90. The van der Waals surface area contributed by atoms with Crippen molar-refractivity contribution in [1.29, 1.82) is 0 Å². The van der Waals surface area contributed by atoms with Crippen LogP contribution < -0.4 is 16.2 Å². The highest BCUT2D eigenvalue weighted by atomic mass is 16.5. The summed E-state index contributed by atoms with van der Waals surface area (Å²) in [5, 5.41) is 0. The molecule has 0 unspecified atom stereocenters. The Hall–Kier alpha value is -1.59. The van der Waals surface area contributed by atoms with Gasteiger partial charge in [0.2, 0.25) is 5.91 Å². The van der Waals surface area contributed by atoms with Crippen molar-refractivity contribution in [3.8, 4) is 5.75 Å². The third-order valence-corrected chi connectivity index (χ3v) is 3.98. The molecule has 1 aliphatic carbocycles. The number of amides is 1. The van der Waals surface area contributed by atoms with E-state index in [4.69, 9.17) is 16.2 Å². The Morgan fingerprint density at radius 1 is 1.33 bits per heavy atom. The van der Waals surface area contributed by atoms with Gasteiger partial charge in [-0.1, -0.05) is 25.0 Å². The average molecular weight is 291 g/mol. The standard InChI is InChI=1S/C16H25N3O2/c17-11-13-4-3-7-15(10-13)21-9-8-19(12-16(18)20)14-5-1-2-6-14/h3-4,7,10,14H,1-2,5-6,8-9,11-12,17H2,(H2,18,20). The number of rotatable bonds is 8. The molecule has 5 nitrogen and oxygen atoms in total. The van der Waals surface area contributed by atoms with Crippen molar-refractivity contribution >= 4 is 5.91 Å². The van der Waals surface area contributed by atoms with Gasteiger partial charge in [0.1, 0.15) is 12.4 Å². The Morgan fingerprint density at radius 3 is 2.76 bits per heavy atom. The van der Waals surface area contributed by atoms with Crippen LogP contribution in [0.25, 0.3) is 0 Å². The van der Waals surface area contributed by atoms with E-state index in [2.05, 4.69) is 4.90 Å². The van der Waals surface area contributed by atoms with Gasteiger partial charge in [0.25, 0.3) is 0 Å². The second-order valence-electron chi connectivity index (χ2n) is 5.58. The van der Waals surface area contributed by atoms with Crippen LogP contribution in [0.3, 0.4) is 0 Å². The first-order valence-corrected chi connectivity index (χ1v) is 7.63. The van der Waals surface area contributed by atoms with Gasteiger partial charge < -0.3 is 16.2 Å². The quantitative estimate of drug-likeness (QED) is 0.755. The number of carbonyl (C=O) groups is 1. The van der Waals surface area contributed by atoms with Crippen LogP contribution in [0, 0.1) is 0 Å². The van der Waals surface area contributed by atoms with Gasteiger partial charge in [-0.25, -0.2) is 0 Å². The van der Waals surface area contributed by atoms with Crippen molar-refractivity contribution in [2.24, 2.45) is 11.5 Å². The number of nitrogens with two attached hydrogens (primary N) is 2. The first-order chi connectivity index (χ1) is 10.2. The second kappa shape index (κ2) is 8.00. The smallest absolute Gasteiger partial charge is 0.231 e. The average Bonchev–Trinajstić information content (AvgIpc) is 3.00. The van der Waals surface area contributed by atoms with Gasteiger partial charge in [-0.05, 0) is 30.5 Å². The van der Waals surface area contributed by atoms with Crippen LogP contribution in [0.4, 0.5) is 0 Å². The Labute approximate surface area is 126 Å². The van der Waals surface area contributed by atoms with Gasteiger partial charge in [-0.3, -0.25) is 9.69 Å². The molecule has 1 amide bonds. The second-order valence-corrected chi connectivity index (χ2v) is 5.58. The van der Waals surface area contributed by atoms with Crippen LogP contribution in [0.1, 0.15) is 31.2 Å². The maximum absolute atomic E-state index is 11.2. The molecular formula is C16H25N3O2. The molecule has 0 spiro atoms. The molecule has 0 aromatic heterocycles. The van der Waals surface area contributed by atoms with E-state index in [0.717, 1.165) is 30.7 Å². The predicted octanol–water partition coefficient (Wildman–Crippen LogP) is 1.25. The topological polar surface area (TPSA) is 81.6 Å². The predicted molar refractivity (Wildman–Crippen MR) is 82.9 cm³/mol. The molecule has 5 heteroatoms. The van der Waals surface area contributed by atoms with Crippen LogP contribution in [-0.2, 0) is 11.3 Å². The fraction of sp³-hybridized carbons (Fsp3) is 0.562. The number of ether oxygens (including phenoxy) is 1. The molecule has 1 aromatic rings. The molecule has 1 aromatic carbocycles. The molecule has 1 aliphatic rings. The summed E-state index contributed by atoms with van der Waals surface area (Å²) in [6.07, 6.45) is 4.77. The molecule has 0 radical (unpaired) electrons. The summed E-state index contributed by atoms with van der Waals surface area (Å²) in [6, 6.07) is 8.26. The summed E-state index contributed by atoms with van der Waals surface area (Å²) in [5.41, 5.74) is 12.0. The molecule has 1 fully saturated rings. The number of carbonyl (C=O) groups excluding carboxylic acids is 1. The number of hydrogen-bond donors (Lipinski definition) is 2. The van der Waals surface area contributed by atoms with E-state index in [1.807, 2.05) is 24.3 Å². The summed E-state index contributed by atoms with van der Waals surface area (Å²) in [7, 11) is 0. The lowest BCUT2D eigenvalue weighted by Gasteiger charge is -2.27. The molecule has 0 heterocycles. The van der Waals surface area contributed by atoms with E-state index >= 15 is 0 Å². The van der Waals surface area contributed by atoms with Crippen LogP contribution in [-0.4, -0.2) is 36.5 Å². The minimum Gasteiger partial charge on any atom is -0.492 e. The van der Waals surface area contributed by atoms with E-state index in [0.29, 0.717) is 25.7 Å². The summed E-state index contributed by atoms with van der Waals surface area (Å²) < 4.78 is 5.77. The van der Waals surface area contributed by atoms with Crippen LogP contribution in [0.15, 0.2) is 24.3 Å². The summed E-state index contributed by atoms with van der Waals surface area (Å²) in [5.74, 6) is 0.551. The van der Waals surface area contributed by atoms with E-state index in [1.165, 1.54) is 12.8 Å². The summed E-state index contributed by atoms with van der Waals surface area (Å²) >= 11 is 0. The Morgan fingerprint density at radius 2 is 2.10 bits per heavy atom. The molecular weight excluding hydrogens is 266 g/mol. The highest BCUT2D eigenvalue weighted by Crippen LogP contribution is 2.23. The van der Waals surface area contributed by atoms with Crippen molar-refractivity contribution in [3.63, 3.8) is 0 Å². The van der Waals surface area contributed by atoms with E-state index in [9.17, 15) is 4.79 Å². The van der Waals surface area contributed by atoms with Crippen molar-refractivity contribution in [1.82, 2.24) is 4.90 Å². The van der Waals surface area contributed by atoms with E-state index < -0.39 is 0 Å². The zero-order valence-corrected chi connectivity index (χ0v) is 12.5. The van der Waals surface area contributed by atoms with Crippen molar-refractivity contribution < 1.29 is 9.53 Å². The number of nitrogens with zero attached hydrogens (tertiary/aromatic N) is 1. The lowest BCUT2D eigenvalue weighted by atomic mass is 10.2.